The standard InChI is InChI=1S/C18H30N2O2/c1-2-14-10-6-7-11-20(14)18(22)16-12-15(16)17(21)19-13-8-4-3-5-9-13/h13-16H,2-12H2,1H3,(H,19,21). The van der Waals surface area contributed by atoms with Gasteiger partial charge in [0.25, 0.3) is 0 Å². The largest absolute Gasteiger partial charge is 0.353 e. The number of nitrogens with zero attached hydrogens (tertiary/aromatic N) is 1. The highest BCUT2D eigenvalue weighted by atomic mass is 16.2. The smallest absolute Gasteiger partial charge is 0.226 e. The van der Waals surface area contributed by atoms with Gasteiger partial charge < -0.3 is 10.2 Å². The molecule has 0 bridgehead atoms. The quantitative estimate of drug-likeness (QED) is 0.868. The van der Waals surface area contributed by atoms with Gasteiger partial charge in [0.1, 0.15) is 0 Å². The van der Waals surface area contributed by atoms with Crippen molar-refractivity contribution in [2.24, 2.45) is 11.8 Å². The first-order valence-corrected chi connectivity index (χ1v) is 9.31. The van der Waals surface area contributed by atoms with Crippen molar-refractivity contribution in [1.82, 2.24) is 10.2 Å². The molecule has 2 amide bonds. The third kappa shape index (κ3) is 3.47. The molecule has 1 saturated heterocycles. The predicted octanol–water partition coefficient (Wildman–Crippen LogP) is 2.86. The SMILES string of the molecule is CCC1CCCCN1C(=O)C1CC1C(=O)NC1CCCCC1. The van der Waals surface area contributed by atoms with Crippen molar-refractivity contribution in [3.05, 3.63) is 0 Å². The Morgan fingerprint density at radius 3 is 2.45 bits per heavy atom. The maximum Gasteiger partial charge on any atom is 0.226 e. The lowest BCUT2D eigenvalue weighted by Crippen LogP contribution is -2.45. The van der Waals surface area contributed by atoms with Gasteiger partial charge in [-0.15, -0.1) is 0 Å². The number of carbonyl (C=O) groups excluding carboxylic acids is 2. The monoisotopic (exact) mass is 306 g/mol. The van der Waals surface area contributed by atoms with Crippen molar-refractivity contribution in [2.45, 2.75) is 83.2 Å². The summed E-state index contributed by atoms with van der Waals surface area (Å²) in [6.45, 7) is 3.06. The maximum atomic E-state index is 12.7. The van der Waals surface area contributed by atoms with E-state index in [0.717, 1.165) is 45.1 Å². The predicted molar refractivity (Wildman–Crippen MR) is 86.3 cm³/mol. The van der Waals surface area contributed by atoms with Crippen molar-refractivity contribution in [2.75, 3.05) is 6.54 Å². The Bertz CT molecular complexity index is 417. The van der Waals surface area contributed by atoms with Crippen molar-refractivity contribution in [3.63, 3.8) is 0 Å². The summed E-state index contributed by atoms with van der Waals surface area (Å²) in [5.74, 6) is 0.301. The highest BCUT2D eigenvalue weighted by molar-refractivity contribution is 5.92. The van der Waals surface area contributed by atoms with Gasteiger partial charge in [-0.1, -0.05) is 26.2 Å². The minimum Gasteiger partial charge on any atom is -0.353 e. The van der Waals surface area contributed by atoms with Crippen LogP contribution in [-0.4, -0.2) is 35.3 Å². The molecule has 4 heteroatoms. The molecule has 4 nitrogen and oxygen atoms in total. The van der Waals surface area contributed by atoms with Gasteiger partial charge in [-0.2, -0.15) is 0 Å². The first-order valence-electron chi connectivity index (χ1n) is 9.31. The van der Waals surface area contributed by atoms with E-state index in [1.807, 2.05) is 0 Å². The van der Waals surface area contributed by atoms with E-state index in [1.54, 1.807) is 0 Å². The second-order valence-electron chi connectivity index (χ2n) is 7.38. The Kier molecular flexibility index (Phi) is 5.04. The summed E-state index contributed by atoms with van der Waals surface area (Å²) < 4.78 is 0. The summed E-state index contributed by atoms with van der Waals surface area (Å²) >= 11 is 0. The molecule has 0 spiro atoms. The lowest BCUT2D eigenvalue weighted by Gasteiger charge is -2.35. The van der Waals surface area contributed by atoms with Crippen LogP contribution in [0.2, 0.25) is 0 Å². The van der Waals surface area contributed by atoms with Crippen LogP contribution in [0.5, 0.6) is 0 Å². The van der Waals surface area contributed by atoms with Crippen LogP contribution in [0.25, 0.3) is 0 Å². The second kappa shape index (κ2) is 7.01. The number of amides is 2. The van der Waals surface area contributed by atoms with Gasteiger partial charge in [-0.05, 0) is 44.9 Å². The van der Waals surface area contributed by atoms with Crippen LogP contribution < -0.4 is 5.32 Å². The highest BCUT2D eigenvalue weighted by Crippen LogP contribution is 2.41. The number of hydrogen-bond donors (Lipinski definition) is 1. The van der Waals surface area contributed by atoms with Gasteiger partial charge in [-0.3, -0.25) is 9.59 Å². The second-order valence-corrected chi connectivity index (χ2v) is 7.38. The molecule has 0 aromatic rings. The molecule has 3 unspecified atom stereocenters. The Morgan fingerprint density at radius 1 is 1.00 bits per heavy atom. The molecule has 3 rings (SSSR count). The van der Waals surface area contributed by atoms with Crippen LogP contribution in [0.3, 0.4) is 0 Å². The molecular weight excluding hydrogens is 276 g/mol. The van der Waals surface area contributed by atoms with Gasteiger partial charge in [0.2, 0.25) is 11.8 Å². The summed E-state index contributed by atoms with van der Waals surface area (Å²) in [7, 11) is 0. The Hall–Kier alpha value is -1.06. The fourth-order valence-electron chi connectivity index (χ4n) is 4.24. The molecule has 22 heavy (non-hydrogen) atoms. The Balaban J connectivity index is 1.50. The van der Waals surface area contributed by atoms with Gasteiger partial charge in [-0.25, -0.2) is 0 Å². The molecular formula is C18H30N2O2. The van der Waals surface area contributed by atoms with E-state index in [0.29, 0.717) is 12.1 Å². The minimum atomic E-state index is -0.0474. The molecule has 3 fully saturated rings. The van der Waals surface area contributed by atoms with Crippen LogP contribution in [0.15, 0.2) is 0 Å². The lowest BCUT2D eigenvalue weighted by molar-refractivity contribution is -0.138. The highest BCUT2D eigenvalue weighted by Gasteiger charge is 2.50. The van der Waals surface area contributed by atoms with E-state index in [2.05, 4.69) is 17.1 Å². The normalized spacial score (nSPS) is 32.6. The molecule has 2 saturated carbocycles. The molecule has 3 aliphatic rings. The fraction of sp³-hybridized carbons (Fsp3) is 0.889. The lowest BCUT2D eigenvalue weighted by atomic mass is 9.95. The molecule has 3 atom stereocenters. The molecule has 1 heterocycles. The minimum absolute atomic E-state index is 0.0317. The Morgan fingerprint density at radius 2 is 1.73 bits per heavy atom. The summed E-state index contributed by atoms with van der Waals surface area (Å²) in [6.07, 6.45) is 11.3. The van der Waals surface area contributed by atoms with E-state index < -0.39 is 0 Å². The topological polar surface area (TPSA) is 49.4 Å². The van der Waals surface area contributed by atoms with Crippen molar-refractivity contribution in [3.8, 4) is 0 Å². The summed E-state index contributed by atoms with van der Waals surface area (Å²) in [4.78, 5) is 27.1. The number of hydrogen-bond acceptors (Lipinski definition) is 2. The maximum absolute atomic E-state index is 12.7. The first kappa shape index (κ1) is 15.8. The summed E-state index contributed by atoms with van der Waals surface area (Å²) in [5, 5.41) is 3.18. The average molecular weight is 306 g/mol. The Labute approximate surface area is 134 Å². The average Bonchev–Trinajstić information content (AvgIpc) is 3.36. The van der Waals surface area contributed by atoms with Gasteiger partial charge in [0.05, 0.1) is 11.8 Å². The third-order valence-corrected chi connectivity index (χ3v) is 5.78. The summed E-state index contributed by atoms with van der Waals surface area (Å²) in [5.41, 5.74) is 0. The fourth-order valence-corrected chi connectivity index (χ4v) is 4.24. The molecule has 0 radical (unpaired) electrons. The zero-order chi connectivity index (χ0) is 15.5. The van der Waals surface area contributed by atoms with E-state index >= 15 is 0 Å². The van der Waals surface area contributed by atoms with Gasteiger partial charge in [0.15, 0.2) is 0 Å². The van der Waals surface area contributed by atoms with Crippen molar-refractivity contribution in [1.29, 1.82) is 0 Å². The number of piperidine rings is 1. The van der Waals surface area contributed by atoms with Crippen LogP contribution in [0.4, 0.5) is 0 Å². The van der Waals surface area contributed by atoms with Crippen molar-refractivity contribution < 1.29 is 9.59 Å². The number of likely N-dealkylation sites (tertiary alicyclic amines) is 1. The van der Waals surface area contributed by atoms with Crippen LogP contribution in [-0.2, 0) is 9.59 Å². The third-order valence-electron chi connectivity index (χ3n) is 5.78. The zero-order valence-electron chi connectivity index (χ0n) is 13.9. The number of nitrogens with one attached hydrogen (secondary N) is 1. The molecule has 1 aliphatic heterocycles. The molecule has 0 aromatic heterocycles. The molecule has 1 N–H and O–H groups in total. The van der Waals surface area contributed by atoms with E-state index in [4.69, 9.17) is 0 Å². The number of rotatable bonds is 4. The van der Waals surface area contributed by atoms with E-state index in [-0.39, 0.29) is 23.7 Å². The van der Waals surface area contributed by atoms with Gasteiger partial charge >= 0.3 is 0 Å². The summed E-state index contributed by atoms with van der Waals surface area (Å²) in [6, 6.07) is 0.764. The van der Waals surface area contributed by atoms with E-state index in [9.17, 15) is 9.59 Å². The van der Waals surface area contributed by atoms with Gasteiger partial charge in [0, 0.05) is 18.6 Å². The van der Waals surface area contributed by atoms with Crippen molar-refractivity contribution >= 4 is 11.8 Å². The van der Waals surface area contributed by atoms with E-state index in [1.165, 1.54) is 25.7 Å². The van der Waals surface area contributed by atoms with Crippen LogP contribution in [0, 0.1) is 11.8 Å². The molecule has 124 valence electrons. The zero-order valence-corrected chi connectivity index (χ0v) is 13.9. The van der Waals surface area contributed by atoms with Crippen LogP contribution >= 0.6 is 0 Å². The van der Waals surface area contributed by atoms with Crippen LogP contribution in [0.1, 0.15) is 71.1 Å². The first-order chi connectivity index (χ1) is 10.7. The number of carbonyl (C=O) groups is 2. The molecule has 2 aliphatic carbocycles. The molecule has 0 aromatic carbocycles.